The van der Waals surface area contributed by atoms with Gasteiger partial charge in [0.05, 0.1) is 11.9 Å². The minimum atomic E-state index is 0.0674. The molecule has 7 nitrogen and oxygen atoms in total. The van der Waals surface area contributed by atoms with E-state index in [1.54, 1.807) is 0 Å². The van der Waals surface area contributed by atoms with Gasteiger partial charge in [-0.25, -0.2) is 4.98 Å². The van der Waals surface area contributed by atoms with E-state index < -0.39 is 0 Å². The zero-order chi connectivity index (χ0) is 22.8. The van der Waals surface area contributed by atoms with Gasteiger partial charge in [0, 0.05) is 36.7 Å². The van der Waals surface area contributed by atoms with Crippen LogP contribution in [0, 0.1) is 5.92 Å². The molecule has 1 N–H and O–H groups in total. The Morgan fingerprint density at radius 2 is 1.79 bits per heavy atom. The normalized spacial score (nSPS) is 18.6. The molecule has 174 valence electrons. The lowest BCUT2D eigenvalue weighted by molar-refractivity contribution is -0.121. The van der Waals surface area contributed by atoms with E-state index in [9.17, 15) is 4.79 Å². The molecule has 7 heteroatoms. The Morgan fingerprint density at radius 1 is 1.00 bits per heavy atom. The van der Waals surface area contributed by atoms with Crippen LogP contribution in [0.5, 0.6) is 0 Å². The lowest BCUT2D eigenvalue weighted by Crippen LogP contribution is -2.36. The highest BCUT2D eigenvalue weighted by atomic mass is 16.1. The first-order chi connectivity index (χ1) is 16.1. The van der Waals surface area contributed by atoms with Crippen molar-refractivity contribution in [1.82, 2.24) is 24.6 Å². The summed E-state index contributed by atoms with van der Waals surface area (Å²) in [6, 6.07) is 8.45. The third-order valence-corrected chi connectivity index (χ3v) is 7.26. The molecule has 4 heterocycles. The minimum Gasteiger partial charge on any atom is -0.310 e. The van der Waals surface area contributed by atoms with Crippen molar-refractivity contribution < 1.29 is 4.79 Å². The molecule has 0 bridgehead atoms. The SMILES string of the molecule is CN1CCC(C(=O)Nc2cc3cc(-c4cnn(C)c4CN4CCCCC4)ccc3cn2)CC1. The van der Waals surface area contributed by atoms with E-state index in [0.717, 1.165) is 61.9 Å². The van der Waals surface area contributed by atoms with Gasteiger partial charge in [-0.2, -0.15) is 5.10 Å². The van der Waals surface area contributed by atoms with Gasteiger partial charge in [0.25, 0.3) is 0 Å². The summed E-state index contributed by atoms with van der Waals surface area (Å²) in [5.41, 5.74) is 3.58. The van der Waals surface area contributed by atoms with Crippen molar-refractivity contribution in [3.63, 3.8) is 0 Å². The van der Waals surface area contributed by atoms with Gasteiger partial charge in [0.15, 0.2) is 0 Å². The predicted octanol–water partition coefficient (Wildman–Crippen LogP) is 3.90. The van der Waals surface area contributed by atoms with Gasteiger partial charge in [-0.05, 0) is 82.0 Å². The van der Waals surface area contributed by atoms with Crippen molar-refractivity contribution in [3.05, 3.63) is 42.4 Å². The summed E-state index contributed by atoms with van der Waals surface area (Å²) in [6.07, 6.45) is 9.53. The number of nitrogens with one attached hydrogen (secondary N) is 1. The molecule has 2 aliphatic heterocycles. The largest absolute Gasteiger partial charge is 0.310 e. The second-order valence-corrected chi connectivity index (χ2v) is 9.66. The number of hydrogen-bond acceptors (Lipinski definition) is 5. The number of rotatable bonds is 5. The Labute approximate surface area is 195 Å². The molecule has 2 aliphatic rings. The first-order valence-electron chi connectivity index (χ1n) is 12.2. The number of amides is 1. The third-order valence-electron chi connectivity index (χ3n) is 7.26. The number of anilines is 1. The Balaban J connectivity index is 1.37. The number of aromatic nitrogens is 3. The molecule has 0 radical (unpaired) electrons. The van der Waals surface area contributed by atoms with Crippen molar-refractivity contribution in [2.24, 2.45) is 13.0 Å². The van der Waals surface area contributed by atoms with Crippen molar-refractivity contribution >= 4 is 22.5 Å². The minimum absolute atomic E-state index is 0.0674. The maximum Gasteiger partial charge on any atom is 0.228 e. The van der Waals surface area contributed by atoms with Crippen LogP contribution in [-0.4, -0.2) is 63.7 Å². The van der Waals surface area contributed by atoms with E-state index in [-0.39, 0.29) is 11.8 Å². The molecule has 3 aromatic rings. The van der Waals surface area contributed by atoms with Gasteiger partial charge < -0.3 is 10.2 Å². The fourth-order valence-electron chi connectivity index (χ4n) is 5.10. The molecule has 0 spiro atoms. The monoisotopic (exact) mass is 446 g/mol. The number of nitrogens with zero attached hydrogens (tertiary/aromatic N) is 5. The molecular weight excluding hydrogens is 412 g/mol. The summed E-state index contributed by atoms with van der Waals surface area (Å²) >= 11 is 0. The molecule has 0 atom stereocenters. The number of likely N-dealkylation sites (tertiary alicyclic amines) is 2. The van der Waals surface area contributed by atoms with Crippen molar-refractivity contribution in [2.45, 2.75) is 38.6 Å². The van der Waals surface area contributed by atoms with E-state index in [1.165, 1.54) is 30.5 Å². The fourth-order valence-corrected chi connectivity index (χ4v) is 5.10. The lowest BCUT2D eigenvalue weighted by atomic mass is 9.96. The average Bonchev–Trinajstić information content (AvgIpc) is 3.19. The molecule has 2 fully saturated rings. The number of fused-ring (bicyclic) bond motifs is 1. The molecule has 33 heavy (non-hydrogen) atoms. The number of carbonyl (C=O) groups excluding carboxylic acids is 1. The molecular formula is C26H34N6O. The molecule has 2 saturated heterocycles. The average molecular weight is 447 g/mol. The highest BCUT2D eigenvalue weighted by Crippen LogP contribution is 2.29. The molecule has 0 aliphatic carbocycles. The third kappa shape index (κ3) is 4.94. The van der Waals surface area contributed by atoms with Crippen LogP contribution >= 0.6 is 0 Å². The van der Waals surface area contributed by atoms with Gasteiger partial charge in [0.2, 0.25) is 5.91 Å². The molecule has 0 unspecified atom stereocenters. The van der Waals surface area contributed by atoms with Gasteiger partial charge in [-0.1, -0.05) is 18.6 Å². The van der Waals surface area contributed by atoms with Crippen LogP contribution in [0.15, 0.2) is 36.7 Å². The van der Waals surface area contributed by atoms with Crippen LogP contribution in [0.25, 0.3) is 21.9 Å². The molecule has 1 aromatic carbocycles. The van der Waals surface area contributed by atoms with E-state index in [0.29, 0.717) is 5.82 Å². The number of benzene rings is 1. The van der Waals surface area contributed by atoms with Crippen LogP contribution in [0.3, 0.4) is 0 Å². The number of aryl methyl sites for hydroxylation is 1. The number of hydrogen-bond donors (Lipinski definition) is 1. The van der Waals surface area contributed by atoms with Crippen molar-refractivity contribution in [1.29, 1.82) is 0 Å². The number of piperidine rings is 2. The summed E-state index contributed by atoms with van der Waals surface area (Å²) in [6.45, 7) is 5.19. The smallest absolute Gasteiger partial charge is 0.228 e. The number of carbonyl (C=O) groups is 1. The summed E-state index contributed by atoms with van der Waals surface area (Å²) in [5.74, 6) is 0.781. The molecule has 5 rings (SSSR count). The quantitative estimate of drug-likeness (QED) is 0.644. The topological polar surface area (TPSA) is 66.3 Å². The van der Waals surface area contributed by atoms with E-state index in [1.807, 2.05) is 30.2 Å². The summed E-state index contributed by atoms with van der Waals surface area (Å²) in [4.78, 5) is 22.1. The first-order valence-corrected chi connectivity index (χ1v) is 12.2. The van der Waals surface area contributed by atoms with E-state index in [2.05, 4.69) is 50.4 Å². The second-order valence-electron chi connectivity index (χ2n) is 9.66. The van der Waals surface area contributed by atoms with Crippen LogP contribution < -0.4 is 5.32 Å². The number of pyridine rings is 1. The van der Waals surface area contributed by atoms with Crippen molar-refractivity contribution in [3.8, 4) is 11.1 Å². The Morgan fingerprint density at radius 3 is 2.58 bits per heavy atom. The molecule has 2 aromatic heterocycles. The summed E-state index contributed by atoms with van der Waals surface area (Å²) < 4.78 is 2.01. The van der Waals surface area contributed by atoms with Crippen molar-refractivity contribution in [2.75, 3.05) is 38.5 Å². The predicted molar refractivity (Wildman–Crippen MR) is 132 cm³/mol. The second kappa shape index (κ2) is 9.61. The van der Waals surface area contributed by atoms with E-state index >= 15 is 0 Å². The van der Waals surface area contributed by atoms with Crippen LogP contribution in [-0.2, 0) is 18.4 Å². The van der Waals surface area contributed by atoms with Crippen LogP contribution in [0.2, 0.25) is 0 Å². The highest BCUT2D eigenvalue weighted by molar-refractivity contribution is 5.95. The van der Waals surface area contributed by atoms with Gasteiger partial charge in [0.1, 0.15) is 5.82 Å². The fraction of sp³-hybridized carbons (Fsp3) is 0.500. The molecule has 0 saturated carbocycles. The lowest BCUT2D eigenvalue weighted by Gasteiger charge is -2.27. The zero-order valence-corrected chi connectivity index (χ0v) is 19.8. The van der Waals surface area contributed by atoms with Gasteiger partial charge in [-0.15, -0.1) is 0 Å². The maximum atomic E-state index is 12.7. The summed E-state index contributed by atoms with van der Waals surface area (Å²) in [7, 11) is 4.14. The maximum absolute atomic E-state index is 12.7. The Kier molecular flexibility index (Phi) is 6.42. The first kappa shape index (κ1) is 22.0. The van der Waals surface area contributed by atoms with Gasteiger partial charge in [-0.3, -0.25) is 14.4 Å². The van der Waals surface area contributed by atoms with Crippen LogP contribution in [0.1, 0.15) is 37.8 Å². The zero-order valence-electron chi connectivity index (χ0n) is 19.8. The highest BCUT2D eigenvalue weighted by Gasteiger charge is 2.23. The Hall–Kier alpha value is -2.77. The standard InChI is InChI=1S/C26H34N6O/c1-30-12-8-19(9-13-30)26(33)29-25-15-22-14-20(6-7-21(22)16-27-25)23-17-28-31(2)24(23)18-32-10-4-3-5-11-32/h6-7,14-17,19H,3-5,8-13,18H2,1-2H3,(H,27,29,33). The van der Waals surface area contributed by atoms with E-state index in [4.69, 9.17) is 0 Å². The summed E-state index contributed by atoms with van der Waals surface area (Å²) in [5, 5.41) is 9.77. The molecule has 1 amide bonds. The Bertz CT molecular complexity index is 1130. The van der Waals surface area contributed by atoms with Crippen LogP contribution in [0.4, 0.5) is 5.82 Å². The van der Waals surface area contributed by atoms with Gasteiger partial charge >= 0.3 is 0 Å².